The lowest BCUT2D eigenvalue weighted by molar-refractivity contribution is 0.0701. The van der Waals surface area contributed by atoms with Gasteiger partial charge in [0.2, 0.25) is 0 Å². The maximum Gasteiger partial charge on any atom is 0.346 e. The van der Waals surface area contributed by atoms with Crippen LogP contribution < -0.4 is 0 Å². The second kappa shape index (κ2) is 5.55. The Morgan fingerprint density at radius 1 is 1.38 bits per heavy atom. The molecule has 3 heterocycles. The van der Waals surface area contributed by atoms with Crippen molar-refractivity contribution in [2.45, 2.75) is 17.0 Å². The van der Waals surface area contributed by atoms with E-state index in [1.165, 1.54) is 24.3 Å². The minimum absolute atomic E-state index is 0.268. The molecule has 9 heteroatoms. The lowest BCUT2D eigenvalue weighted by Gasteiger charge is -2.02. The van der Waals surface area contributed by atoms with Gasteiger partial charge in [-0.15, -0.1) is 11.3 Å². The van der Waals surface area contributed by atoms with E-state index in [-0.39, 0.29) is 4.88 Å². The first-order chi connectivity index (χ1) is 10.1. The molecule has 0 aromatic carbocycles. The number of hydrogen-bond donors (Lipinski definition) is 1. The van der Waals surface area contributed by atoms with Crippen LogP contribution in [0, 0.1) is 6.92 Å². The highest BCUT2D eigenvalue weighted by molar-refractivity contribution is 7.99. The Hall–Kier alpha value is -1.77. The SMILES string of the molecule is Cc1c(C(=O)O)sc2ncnc(Sc3cncc(Cl)n3)c12. The predicted octanol–water partition coefficient (Wildman–Crippen LogP) is 3.29. The summed E-state index contributed by atoms with van der Waals surface area (Å²) in [4.78, 5) is 28.6. The molecular weight excluding hydrogens is 332 g/mol. The van der Waals surface area contributed by atoms with Gasteiger partial charge in [0.05, 0.1) is 12.4 Å². The fraction of sp³-hybridized carbons (Fsp3) is 0.0833. The smallest absolute Gasteiger partial charge is 0.346 e. The molecule has 21 heavy (non-hydrogen) atoms. The van der Waals surface area contributed by atoms with Crippen molar-refractivity contribution in [3.05, 3.63) is 34.3 Å². The van der Waals surface area contributed by atoms with Gasteiger partial charge in [0, 0.05) is 5.39 Å². The Morgan fingerprint density at radius 2 is 2.19 bits per heavy atom. The molecule has 0 unspecified atom stereocenters. The molecule has 0 saturated carbocycles. The molecule has 3 rings (SSSR count). The van der Waals surface area contributed by atoms with Crippen molar-refractivity contribution in [1.29, 1.82) is 0 Å². The lowest BCUT2D eigenvalue weighted by Crippen LogP contribution is -1.94. The fourth-order valence-corrected chi connectivity index (χ4v) is 3.95. The zero-order valence-electron chi connectivity index (χ0n) is 10.6. The monoisotopic (exact) mass is 338 g/mol. The molecule has 0 amide bonds. The number of hydrogen-bond acceptors (Lipinski definition) is 7. The summed E-state index contributed by atoms with van der Waals surface area (Å²) < 4.78 is 0. The van der Waals surface area contributed by atoms with E-state index in [1.807, 2.05) is 0 Å². The van der Waals surface area contributed by atoms with Gasteiger partial charge in [-0.25, -0.2) is 19.7 Å². The Labute approximate surface area is 132 Å². The Morgan fingerprint density at radius 3 is 2.90 bits per heavy atom. The molecule has 3 aromatic rings. The first-order valence-electron chi connectivity index (χ1n) is 5.69. The lowest BCUT2D eigenvalue weighted by atomic mass is 10.2. The van der Waals surface area contributed by atoms with Crippen molar-refractivity contribution in [2.24, 2.45) is 0 Å². The van der Waals surface area contributed by atoms with Gasteiger partial charge in [-0.05, 0) is 24.2 Å². The van der Waals surface area contributed by atoms with Crippen LogP contribution in [0.25, 0.3) is 10.2 Å². The predicted molar refractivity (Wildman–Crippen MR) is 80.3 cm³/mol. The number of nitrogens with zero attached hydrogens (tertiary/aromatic N) is 4. The summed E-state index contributed by atoms with van der Waals surface area (Å²) in [6, 6.07) is 0. The van der Waals surface area contributed by atoms with Crippen LogP contribution in [0.4, 0.5) is 0 Å². The number of aromatic nitrogens is 4. The van der Waals surface area contributed by atoms with Crippen molar-refractivity contribution in [3.8, 4) is 0 Å². The van der Waals surface area contributed by atoms with Gasteiger partial charge in [-0.2, -0.15) is 0 Å². The van der Waals surface area contributed by atoms with Gasteiger partial charge < -0.3 is 5.11 Å². The number of carbonyl (C=O) groups is 1. The van der Waals surface area contributed by atoms with Gasteiger partial charge >= 0.3 is 5.97 Å². The van der Waals surface area contributed by atoms with Crippen LogP contribution in [0.15, 0.2) is 28.8 Å². The number of rotatable bonds is 3. The molecule has 0 aliphatic carbocycles. The third kappa shape index (κ3) is 2.69. The molecule has 0 bridgehead atoms. The van der Waals surface area contributed by atoms with Gasteiger partial charge in [0.25, 0.3) is 0 Å². The van der Waals surface area contributed by atoms with E-state index in [0.717, 1.165) is 16.7 Å². The van der Waals surface area contributed by atoms with Crippen LogP contribution in [0.3, 0.4) is 0 Å². The van der Waals surface area contributed by atoms with Crippen molar-refractivity contribution < 1.29 is 9.90 Å². The van der Waals surface area contributed by atoms with Gasteiger partial charge in [-0.3, -0.25) is 4.98 Å². The second-order valence-electron chi connectivity index (χ2n) is 4.00. The minimum Gasteiger partial charge on any atom is -0.477 e. The quantitative estimate of drug-likeness (QED) is 0.733. The third-order valence-electron chi connectivity index (χ3n) is 2.67. The van der Waals surface area contributed by atoms with E-state index in [4.69, 9.17) is 11.6 Å². The van der Waals surface area contributed by atoms with E-state index in [1.54, 1.807) is 13.1 Å². The van der Waals surface area contributed by atoms with E-state index in [2.05, 4.69) is 19.9 Å². The third-order valence-corrected chi connectivity index (χ3v) is 4.95. The summed E-state index contributed by atoms with van der Waals surface area (Å²) in [5, 5.41) is 11.4. The van der Waals surface area contributed by atoms with Crippen LogP contribution in [0.1, 0.15) is 15.2 Å². The summed E-state index contributed by atoms with van der Waals surface area (Å²) in [6.45, 7) is 1.75. The van der Waals surface area contributed by atoms with Gasteiger partial charge in [-0.1, -0.05) is 11.6 Å². The highest BCUT2D eigenvalue weighted by Gasteiger charge is 2.19. The molecule has 0 aliphatic rings. The summed E-state index contributed by atoms with van der Waals surface area (Å²) in [6.07, 6.45) is 4.42. The number of halogens is 1. The molecule has 0 saturated heterocycles. The standard InChI is InChI=1S/C12H7ClN4O2S2/c1-5-8-10(20-7-3-14-2-6(13)17-7)15-4-16-11(8)21-9(5)12(18)19/h2-4H,1H3,(H,18,19). The Balaban J connectivity index is 2.12. The van der Waals surface area contributed by atoms with Crippen LogP contribution in [0.5, 0.6) is 0 Å². The van der Waals surface area contributed by atoms with Crippen LogP contribution in [-0.4, -0.2) is 31.0 Å². The highest BCUT2D eigenvalue weighted by atomic mass is 35.5. The minimum atomic E-state index is -0.964. The van der Waals surface area contributed by atoms with Gasteiger partial charge in [0.15, 0.2) is 0 Å². The van der Waals surface area contributed by atoms with Crippen LogP contribution in [-0.2, 0) is 0 Å². The van der Waals surface area contributed by atoms with Crippen molar-refractivity contribution in [1.82, 2.24) is 19.9 Å². The maximum atomic E-state index is 11.2. The van der Waals surface area contributed by atoms with E-state index in [9.17, 15) is 9.90 Å². The van der Waals surface area contributed by atoms with E-state index < -0.39 is 5.97 Å². The molecule has 0 radical (unpaired) electrons. The average Bonchev–Trinajstić information content (AvgIpc) is 2.77. The summed E-state index contributed by atoms with van der Waals surface area (Å²) in [5.74, 6) is -0.964. The number of thiophene rings is 1. The normalized spacial score (nSPS) is 11.0. The largest absolute Gasteiger partial charge is 0.477 e. The second-order valence-corrected chi connectivity index (χ2v) is 6.40. The summed E-state index contributed by atoms with van der Waals surface area (Å²) in [5.41, 5.74) is 0.653. The number of carboxylic acids is 1. The topological polar surface area (TPSA) is 88.9 Å². The Kier molecular flexibility index (Phi) is 3.75. The van der Waals surface area contributed by atoms with Crippen LogP contribution in [0.2, 0.25) is 5.15 Å². The van der Waals surface area contributed by atoms with E-state index in [0.29, 0.717) is 25.6 Å². The Bertz CT molecular complexity index is 852. The molecule has 1 N–H and O–H groups in total. The molecule has 0 fully saturated rings. The molecule has 0 aliphatic heterocycles. The fourth-order valence-electron chi connectivity index (χ4n) is 1.79. The number of fused-ring (bicyclic) bond motifs is 1. The van der Waals surface area contributed by atoms with Crippen molar-refractivity contribution in [2.75, 3.05) is 0 Å². The van der Waals surface area contributed by atoms with Crippen molar-refractivity contribution >= 4 is 50.9 Å². The first-order valence-corrected chi connectivity index (χ1v) is 7.70. The molecule has 0 atom stereocenters. The highest BCUT2D eigenvalue weighted by Crippen LogP contribution is 2.37. The van der Waals surface area contributed by atoms with Crippen LogP contribution >= 0.6 is 34.7 Å². The maximum absolute atomic E-state index is 11.2. The number of carboxylic acid groups (broad SMARTS) is 1. The summed E-state index contributed by atoms with van der Waals surface area (Å²) >= 11 is 8.22. The number of aromatic carboxylic acids is 1. The average molecular weight is 339 g/mol. The molecule has 0 spiro atoms. The van der Waals surface area contributed by atoms with Crippen molar-refractivity contribution in [3.63, 3.8) is 0 Å². The molecular formula is C12H7ClN4O2S2. The number of aryl methyl sites for hydroxylation is 1. The van der Waals surface area contributed by atoms with E-state index >= 15 is 0 Å². The zero-order chi connectivity index (χ0) is 15.0. The first kappa shape index (κ1) is 14.2. The zero-order valence-corrected chi connectivity index (χ0v) is 13.0. The molecule has 3 aromatic heterocycles. The molecule has 106 valence electrons. The summed E-state index contributed by atoms with van der Waals surface area (Å²) in [7, 11) is 0. The van der Waals surface area contributed by atoms with Gasteiger partial charge in [0.1, 0.15) is 31.2 Å². The molecule has 6 nitrogen and oxygen atoms in total.